The fourth-order valence-corrected chi connectivity index (χ4v) is 3.95. The quantitative estimate of drug-likeness (QED) is 0.657. The summed E-state index contributed by atoms with van der Waals surface area (Å²) in [4.78, 5) is 12.4. The first-order valence-electron chi connectivity index (χ1n) is 10.9. The summed E-state index contributed by atoms with van der Waals surface area (Å²) < 4.78 is 17.4. The molecule has 0 radical (unpaired) electrons. The number of benzene rings is 2. The van der Waals surface area contributed by atoms with Crippen molar-refractivity contribution in [2.75, 3.05) is 19.8 Å². The maximum atomic E-state index is 12.4. The van der Waals surface area contributed by atoms with E-state index in [2.05, 4.69) is 10.6 Å². The first-order chi connectivity index (χ1) is 15.2. The summed E-state index contributed by atoms with van der Waals surface area (Å²) in [5, 5.41) is 16.0. The molecular formula is C24H30N2O5. The lowest BCUT2D eigenvalue weighted by Crippen LogP contribution is -2.53. The van der Waals surface area contributed by atoms with E-state index in [0.717, 1.165) is 29.9 Å². The Kier molecular flexibility index (Phi) is 7.53. The number of β-amino-alcohol motifs (C(OH)–C–C–N with tert-alkyl or cyclic N) is 1. The van der Waals surface area contributed by atoms with Gasteiger partial charge in [0.2, 0.25) is 5.91 Å². The molecule has 2 heterocycles. The number of rotatable bonds is 6. The second kappa shape index (κ2) is 10.7. The molecule has 2 aliphatic rings. The van der Waals surface area contributed by atoms with Crippen LogP contribution in [0.1, 0.15) is 24.8 Å². The van der Waals surface area contributed by atoms with E-state index in [-0.39, 0.29) is 24.2 Å². The zero-order valence-electron chi connectivity index (χ0n) is 17.5. The van der Waals surface area contributed by atoms with Crippen LogP contribution < -0.4 is 15.4 Å². The Labute approximate surface area is 182 Å². The molecule has 0 bridgehead atoms. The van der Waals surface area contributed by atoms with Gasteiger partial charge in [-0.3, -0.25) is 4.79 Å². The largest absolute Gasteiger partial charge is 0.457 e. The van der Waals surface area contributed by atoms with E-state index in [1.165, 1.54) is 0 Å². The topological polar surface area (TPSA) is 89.1 Å². The van der Waals surface area contributed by atoms with E-state index in [4.69, 9.17) is 14.2 Å². The molecule has 4 rings (SSSR count). The number of aliphatic hydroxyl groups is 1. The Morgan fingerprint density at radius 2 is 1.84 bits per heavy atom. The number of amides is 1. The monoisotopic (exact) mass is 426 g/mol. The Balaban J connectivity index is 1.20. The van der Waals surface area contributed by atoms with Crippen LogP contribution in [0, 0.1) is 0 Å². The zero-order chi connectivity index (χ0) is 21.5. The van der Waals surface area contributed by atoms with Crippen LogP contribution in [0.2, 0.25) is 0 Å². The highest BCUT2D eigenvalue weighted by atomic mass is 16.5. The van der Waals surface area contributed by atoms with Gasteiger partial charge in [-0.2, -0.15) is 0 Å². The first-order valence-corrected chi connectivity index (χ1v) is 10.9. The average molecular weight is 427 g/mol. The summed E-state index contributed by atoms with van der Waals surface area (Å²) >= 11 is 0. The highest BCUT2D eigenvalue weighted by molar-refractivity contribution is 5.76. The highest BCUT2D eigenvalue weighted by Gasteiger charge is 2.33. The van der Waals surface area contributed by atoms with Gasteiger partial charge in [0, 0.05) is 19.1 Å². The number of hydrogen-bond donors (Lipinski definition) is 3. The Morgan fingerprint density at radius 1 is 1.06 bits per heavy atom. The van der Waals surface area contributed by atoms with Gasteiger partial charge in [-0.1, -0.05) is 30.3 Å². The number of ether oxygens (including phenoxy) is 3. The minimum atomic E-state index is -0.483. The molecule has 7 nitrogen and oxygen atoms in total. The number of hydrogen-bond acceptors (Lipinski definition) is 6. The van der Waals surface area contributed by atoms with Crippen LogP contribution in [0.5, 0.6) is 11.5 Å². The second-order valence-electron chi connectivity index (χ2n) is 8.12. The molecule has 0 saturated carbocycles. The van der Waals surface area contributed by atoms with Crippen LogP contribution in [0.4, 0.5) is 0 Å². The van der Waals surface area contributed by atoms with Crippen molar-refractivity contribution in [3.05, 3.63) is 60.2 Å². The van der Waals surface area contributed by atoms with Gasteiger partial charge in [0.1, 0.15) is 11.5 Å². The summed E-state index contributed by atoms with van der Waals surface area (Å²) in [6, 6.07) is 17.5. The van der Waals surface area contributed by atoms with Crippen LogP contribution in [0.25, 0.3) is 0 Å². The molecule has 166 valence electrons. The molecule has 1 amide bonds. The van der Waals surface area contributed by atoms with Gasteiger partial charge < -0.3 is 30.0 Å². The second-order valence-corrected chi connectivity index (χ2v) is 8.12. The van der Waals surface area contributed by atoms with E-state index in [0.29, 0.717) is 32.7 Å². The number of carbonyl (C=O) groups is 1. The molecule has 2 fully saturated rings. The Morgan fingerprint density at radius 3 is 2.65 bits per heavy atom. The van der Waals surface area contributed by atoms with Crippen molar-refractivity contribution in [2.24, 2.45) is 0 Å². The Bertz CT molecular complexity index is 830. The zero-order valence-corrected chi connectivity index (χ0v) is 17.5. The normalized spacial score (nSPS) is 26.2. The molecule has 0 unspecified atom stereocenters. The van der Waals surface area contributed by atoms with Crippen LogP contribution >= 0.6 is 0 Å². The lowest BCUT2D eigenvalue weighted by Gasteiger charge is -2.38. The molecule has 2 aromatic carbocycles. The molecular weight excluding hydrogens is 396 g/mol. The van der Waals surface area contributed by atoms with Gasteiger partial charge in [-0.15, -0.1) is 0 Å². The fraction of sp³-hybridized carbons (Fsp3) is 0.458. The van der Waals surface area contributed by atoms with Crippen LogP contribution in [0.3, 0.4) is 0 Å². The SMILES string of the molecule is O=C(C[C@@H]1CC[C@@H]2NC[C@H](O)COC[C@H]2O1)NCc1ccc(Oc2ccccc2)cc1. The van der Waals surface area contributed by atoms with E-state index in [1.54, 1.807) is 0 Å². The van der Waals surface area contributed by atoms with Crippen LogP contribution in [0.15, 0.2) is 54.6 Å². The maximum absolute atomic E-state index is 12.4. The van der Waals surface area contributed by atoms with Gasteiger partial charge in [0.25, 0.3) is 0 Å². The van der Waals surface area contributed by atoms with Crippen molar-refractivity contribution in [1.82, 2.24) is 10.6 Å². The summed E-state index contributed by atoms with van der Waals surface area (Å²) in [6.45, 7) is 1.71. The van der Waals surface area contributed by atoms with Crippen molar-refractivity contribution in [1.29, 1.82) is 0 Å². The summed E-state index contributed by atoms with van der Waals surface area (Å²) in [5.41, 5.74) is 1.01. The molecule has 2 aliphatic heterocycles. The van der Waals surface area contributed by atoms with Gasteiger partial charge >= 0.3 is 0 Å². The minimum absolute atomic E-state index is 0.0248. The van der Waals surface area contributed by atoms with Gasteiger partial charge in [0.15, 0.2) is 0 Å². The molecule has 4 atom stereocenters. The third-order valence-electron chi connectivity index (χ3n) is 5.63. The lowest BCUT2D eigenvalue weighted by molar-refractivity contribution is -0.137. The van der Waals surface area contributed by atoms with Crippen molar-refractivity contribution in [3.63, 3.8) is 0 Å². The van der Waals surface area contributed by atoms with Gasteiger partial charge in [-0.25, -0.2) is 0 Å². The number of fused-ring (bicyclic) bond motifs is 1. The highest BCUT2D eigenvalue weighted by Crippen LogP contribution is 2.24. The molecule has 0 spiro atoms. The Hall–Kier alpha value is -2.45. The van der Waals surface area contributed by atoms with Crippen molar-refractivity contribution < 1.29 is 24.1 Å². The predicted octanol–water partition coefficient (Wildman–Crippen LogP) is 2.38. The fourth-order valence-electron chi connectivity index (χ4n) is 3.95. The smallest absolute Gasteiger partial charge is 0.222 e. The molecule has 0 aromatic heterocycles. The first kappa shape index (κ1) is 21.8. The van der Waals surface area contributed by atoms with Gasteiger partial charge in [-0.05, 0) is 42.7 Å². The van der Waals surface area contributed by atoms with Gasteiger partial charge in [0.05, 0.1) is 37.9 Å². The minimum Gasteiger partial charge on any atom is -0.457 e. The number of para-hydroxylation sites is 1. The maximum Gasteiger partial charge on any atom is 0.222 e. The third-order valence-corrected chi connectivity index (χ3v) is 5.63. The molecule has 2 saturated heterocycles. The molecule has 0 aliphatic carbocycles. The van der Waals surface area contributed by atoms with E-state index in [1.807, 2.05) is 54.6 Å². The number of nitrogens with one attached hydrogen (secondary N) is 2. The van der Waals surface area contributed by atoms with Crippen molar-refractivity contribution in [2.45, 2.75) is 50.2 Å². The predicted molar refractivity (Wildman–Crippen MR) is 116 cm³/mol. The number of aliphatic hydroxyl groups excluding tert-OH is 1. The van der Waals surface area contributed by atoms with Crippen LogP contribution in [-0.2, 0) is 20.8 Å². The lowest BCUT2D eigenvalue weighted by atomic mass is 9.96. The summed E-state index contributed by atoms with van der Waals surface area (Å²) in [5.74, 6) is 1.52. The summed E-state index contributed by atoms with van der Waals surface area (Å²) in [6.07, 6.45) is 1.36. The summed E-state index contributed by atoms with van der Waals surface area (Å²) in [7, 11) is 0. The molecule has 3 N–H and O–H groups in total. The van der Waals surface area contributed by atoms with E-state index in [9.17, 15) is 9.90 Å². The van der Waals surface area contributed by atoms with Crippen molar-refractivity contribution >= 4 is 5.91 Å². The van der Waals surface area contributed by atoms with E-state index >= 15 is 0 Å². The van der Waals surface area contributed by atoms with Crippen molar-refractivity contribution in [3.8, 4) is 11.5 Å². The molecule has 7 heteroatoms. The standard InChI is InChI=1S/C24H30N2O5/c27-18-14-25-22-11-10-21(31-23(22)16-29-15-18)12-24(28)26-13-17-6-8-20(9-7-17)30-19-4-2-1-3-5-19/h1-9,18,21-23,25,27H,10-16H2,(H,26,28)/t18-,21-,22-,23+/m0/s1. The molecule has 31 heavy (non-hydrogen) atoms. The average Bonchev–Trinajstić information content (AvgIpc) is 2.77. The van der Waals surface area contributed by atoms with E-state index < -0.39 is 6.10 Å². The van der Waals surface area contributed by atoms with Crippen LogP contribution in [-0.4, -0.2) is 55.1 Å². The molecule has 2 aromatic rings. The number of carbonyl (C=O) groups excluding carboxylic acids is 1. The third kappa shape index (κ3) is 6.51.